The predicted octanol–water partition coefficient (Wildman–Crippen LogP) is 4.88. The van der Waals surface area contributed by atoms with Gasteiger partial charge in [0.05, 0.1) is 4.99 Å². The molecule has 0 bridgehead atoms. The second-order valence-electron chi connectivity index (χ2n) is 5.26. The van der Waals surface area contributed by atoms with Gasteiger partial charge in [-0.05, 0) is 42.5 Å². The Morgan fingerprint density at radius 3 is 2.50 bits per heavy atom. The van der Waals surface area contributed by atoms with Crippen molar-refractivity contribution in [2.45, 2.75) is 26.2 Å². The molecule has 0 aliphatic heterocycles. The van der Waals surface area contributed by atoms with Gasteiger partial charge in [0.25, 0.3) is 0 Å². The van der Waals surface area contributed by atoms with Gasteiger partial charge in [-0.1, -0.05) is 68.2 Å². The van der Waals surface area contributed by atoms with Gasteiger partial charge in [-0.25, -0.2) is 0 Å². The third kappa shape index (κ3) is 5.34. The van der Waals surface area contributed by atoms with Gasteiger partial charge in [0, 0.05) is 5.69 Å². The maximum Gasteiger partial charge on any atom is 0.101 e. The van der Waals surface area contributed by atoms with E-state index in [9.17, 15) is 0 Å². The lowest BCUT2D eigenvalue weighted by Crippen LogP contribution is -2.24. The summed E-state index contributed by atoms with van der Waals surface area (Å²) >= 11 is 5.25. The van der Waals surface area contributed by atoms with Crippen LogP contribution in [0.15, 0.2) is 67.0 Å². The van der Waals surface area contributed by atoms with E-state index in [-0.39, 0.29) is 0 Å². The molecule has 114 valence electrons. The van der Waals surface area contributed by atoms with Crippen molar-refractivity contribution in [2.24, 2.45) is 0 Å². The highest BCUT2D eigenvalue weighted by atomic mass is 32.1. The molecule has 0 spiro atoms. The molecule has 3 heteroatoms. The van der Waals surface area contributed by atoms with Crippen LogP contribution >= 0.6 is 12.2 Å². The summed E-state index contributed by atoms with van der Waals surface area (Å²) in [7, 11) is 0. The van der Waals surface area contributed by atoms with E-state index in [2.05, 4.69) is 66.6 Å². The van der Waals surface area contributed by atoms with E-state index < -0.39 is 0 Å². The molecular weight excluding hydrogens is 288 g/mol. The average molecular weight is 310 g/mol. The van der Waals surface area contributed by atoms with Crippen LogP contribution in [0.4, 0.5) is 5.69 Å². The van der Waals surface area contributed by atoms with Crippen molar-refractivity contribution < 1.29 is 0 Å². The zero-order valence-electron chi connectivity index (χ0n) is 12.9. The zero-order valence-corrected chi connectivity index (χ0v) is 13.7. The monoisotopic (exact) mass is 310 g/mol. The predicted molar refractivity (Wildman–Crippen MR) is 99.1 cm³/mol. The van der Waals surface area contributed by atoms with E-state index in [0.717, 1.165) is 35.8 Å². The molecule has 2 aromatic carbocycles. The summed E-state index contributed by atoms with van der Waals surface area (Å²) in [5.41, 5.74) is 3.59. The van der Waals surface area contributed by atoms with Crippen LogP contribution < -0.4 is 10.6 Å². The molecule has 0 unspecified atom stereocenters. The van der Waals surface area contributed by atoms with Gasteiger partial charge in [-0.3, -0.25) is 0 Å². The first kappa shape index (κ1) is 16.2. The maximum absolute atomic E-state index is 5.25. The highest BCUT2D eigenvalue weighted by molar-refractivity contribution is 7.80. The second-order valence-corrected chi connectivity index (χ2v) is 5.76. The van der Waals surface area contributed by atoms with Crippen LogP contribution in [0.5, 0.6) is 0 Å². The smallest absolute Gasteiger partial charge is 0.101 e. The molecule has 0 heterocycles. The van der Waals surface area contributed by atoms with Crippen LogP contribution in [0.3, 0.4) is 0 Å². The van der Waals surface area contributed by atoms with E-state index in [0.29, 0.717) is 0 Å². The van der Waals surface area contributed by atoms with Crippen LogP contribution in [0.1, 0.15) is 30.9 Å². The third-order valence-electron chi connectivity index (χ3n) is 3.24. The molecular formula is C19H22N2S. The first-order valence-electron chi connectivity index (χ1n) is 7.56. The second kappa shape index (κ2) is 8.35. The Labute approximate surface area is 138 Å². The Morgan fingerprint density at radius 1 is 1.05 bits per heavy atom. The molecule has 22 heavy (non-hydrogen) atoms. The first-order chi connectivity index (χ1) is 10.7. The SMILES string of the molecule is C=C(NC(=S)CCC)Nc1cccc(Cc2ccccc2)c1. The first-order valence-corrected chi connectivity index (χ1v) is 7.97. The number of hydrogen-bond donors (Lipinski definition) is 2. The molecule has 0 saturated carbocycles. The van der Waals surface area contributed by atoms with E-state index in [1.54, 1.807) is 0 Å². The van der Waals surface area contributed by atoms with Gasteiger partial charge in [-0.15, -0.1) is 0 Å². The van der Waals surface area contributed by atoms with Crippen molar-refractivity contribution >= 4 is 22.9 Å². The Balaban J connectivity index is 1.96. The van der Waals surface area contributed by atoms with Crippen molar-refractivity contribution in [3.63, 3.8) is 0 Å². The van der Waals surface area contributed by atoms with Crippen LogP contribution in [-0.2, 0) is 6.42 Å². The van der Waals surface area contributed by atoms with Gasteiger partial charge in [0.15, 0.2) is 0 Å². The minimum absolute atomic E-state index is 0.718. The van der Waals surface area contributed by atoms with Gasteiger partial charge in [-0.2, -0.15) is 0 Å². The van der Waals surface area contributed by atoms with Crippen molar-refractivity contribution in [2.75, 3.05) is 5.32 Å². The third-order valence-corrected chi connectivity index (χ3v) is 3.55. The lowest BCUT2D eigenvalue weighted by Gasteiger charge is -2.13. The molecule has 0 atom stereocenters. The summed E-state index contributed by atoms with van der Waals surface area (Å²) in [6.45, 7) is 6.08. The van der Waals surface area contributed by atoms with E-state index in [4.69, 9.17) is 12.2 Å². The Hall–Kier alpha value is -2.13. The summed E-state index contributed by atoms with van der Waals surface area (Å²) in [6, 6.07) is 18.8. The fourth-order valence-corrected chi connectivity index (χ4v) is 2.58. The average Bonchev–Trinajstić information content (AvgIpc) is 2.48. The maximum atomic E-state index is 5.25. The Kier molecular flexibility index (Phi) is 6.16. The minimum atomic E-state index is 0.718. The number of rotatable bonds is 7. The standard InChI is InChI=1S/C19H22N2S/c1-3-8-19(22)21-15(2)20-18-12-7-11-17(14-18)13-16-9-5-4-6-10-16/h4-7,9-12,14,20H,2-3,8,13H2,1H3,(H,21,22). The lowest BCUT2D eigenvalue weighted by atomic mass is 10.0. The fourth-order valence-electron chi connectivity index (χ4n) is 2.25. The summed E-state index contributed by atoms with van der Waals surface area (Å²) in [4.78, 5) is 0.820. The van der Waals surface area contributed by atoms with Crippen LogP contribution in [0.2, 0.25) is 0 Å². The topological polar surface area (TPSA) is 24.1 Å². The van der Waals surface area contributed by atoms with Gasteiger partial charge in [0.1, 0.15) is 5.82 Å². The summed E-state index contributed by atoms with van der Waals surface area (Å²) in [6.07, 6.45) is 2.83. The molecule has 2 N–H and O–H groups in total. The molecule has 0 fully saturated rings. The van der Waals surface area contributed by atoms with Gasteiger partial charge >= 0.3 is 0 Å². The quantitative estimate of drug-likeness (QED) is 0.713. The molecule has 0 amide bonds. The van der Waals surface area contributed by atoms with Crippen LogP contribution in [-0.4, -0.2) is 4.99 Å². The van der Waals surface area contributed by atoms with Crippen LogP contribution in [0.25, 0.3) is 0 Å². The van der Waals surface area contributed by atoms with Crippen molar-refractivity contribution in [1.82, 2.24) is 5.32 Å². The zero-order chi connectivity index (χ0) is 15.8. The highest BCUT2D eigenvalue weighted by Crippen LogP contribution is 2.15. The van der Waals surface area contributed by atoms with E-state index >= 15 is 0 Å². The summed E-state index contributed by atoms with van der Waals surface area (Å²) < 4.78 is 0. The molecule has 0 aliphatic carbocycles. The largest absolute Gasteiger partial charge is 0.342 e. The Bertz CT molecular complexity index is 635. The molecule has 0 radical (unpaired) electrons. The van der Waals surface area contributed by atoms with Crippen molar-refractivity contribution in [1.29, 1.82) is 0 Å². The number of nitrogens with one attached hydrogen (secondary N) is 2. The lowest BCUT2D eigenvalue weighted by molar-refractivity contribution is 0.964. The van der Waals surface area contributed by atoms with Gasteiger partial charge in [0.2, 0.25) is 0 Å². The molecule has 2 rings (SSSR count). The Morgan fingerprint density at radius 2 is 1.77 bits per heavy atom. The normalized spacial score (nSPS) is 10.0. The molecule has 0 aromatic heterocycles. The number of hydrogen-bond acceptors (Lipinski definition) is 2. The molecule has 2 nitrogen and oxygen atoms in total. The van der Waals surface area contributed by atoms with E-state index in [1.165, 1.54) is 11.1 Å². The fraction of sp³-hybridized carbons (Fsp3) is 0.211. The summed E-state index contributed by atoms with van der Waals surface area (Å²) in [5.74, 6) is 0.718. The molecule has 0 saturated heterocycles. The summed E-state index contributed by atoms with van der Waals surface area (Å²) in [5, 5.41) is 6.39. The van der Waals surface area contributed by atoms with Gasteiger partial charge < -0.3 is 10.6 Å². The highest BCUT2D eigenvalue weighted by Gasteiger charge is 2.01. The molecule has 2 aromatic rings. The molecule has 0 aliphatic rings. The minimum Gasteiger partial charge on any atom is -0.342 e. The van der Waals surface area contributed by atoms with Crippen LogP contribution in [0, 0.1) is 0 Å². The van der Waals surface area contributed by atoms with Crippen molar-refractivity contribution in [3.8, 4) is 0 Å². The van der Waals surface area contributed by atoms with Crippen molar-refractivity contribution in [3.05, 3.63) is 78.1 Å². The van der Waals surface area contributed by atoms with E-state index in [1.807, 2.05) is 12.1 Å². The number of benzene rings is 2. The number of thiocarbonyl (C=S) groups is 1. The number of anilines is 1.